The van der Waals surface area contributed by atoms with Crippen LogP contribution in [0.25, 0.3) is 0 Å². The number of aryl methyl sites for hydroxylation is 2. The van der Waals surface area contributed by atoms with Gasteiger partial charge in [0, 0.05) is 39.3 Å². The second-order valence-corrected chi connectivity index (χ2v) is 6.35. The number of guanidine groups is 1. The van der Waals surface area contributed by atoms with E-state index in [2.05, 4.69) is 52.0 Å². The second-order valence-electron chi connectivity index (χ2n) is 6.35. The number of aromatic nitrogens is 2. The highest BCUT2D eigenvalue weighted by atomic mass is 16.5. The second kappa shape index (κ2) is 8.55. The van der Waals surface area contributed by atoms with Crippen molar-refractivity contribution in [1.82, 2.24) is 20.4 Å². The molecule has 6 nitrogen and oxygen atoms in total. The van der Waals surface area contributed by atoms with Crippen LogP contribution in [0.2, 0.25) is 0 Å². The molecule has 1 aliphatic heterocycles. The predicted octanol–water partition coefficient (Wildman–Crippen LogP) is 1.92. The molecule has 2 aromatic rings. The van der Waals surface area contributed by atoms with Gasteiger partial charge in [-0.1, -0.05) is 12.1 Å². The Morgan fingerprint density at radius 3 is 3.00 bits per heavy atom. The van der Waals surface area contributed by atoms with Crippen molar-refractivity contribution in [3.63, 3.8) is 0 Å². The molecular weight excluding hydrogens is 314 g/mol. The molecule has 134 valence electrons. The third kappa shape index (κ3) is 4.98. The fourth-order valence-corrected chi connectivity index (χ4v) is 2.98. The van der Waals surface area contributed by atoms with Gasteiger partial charge in [-0.15, -0.1) is 0 Å². The Bertz CT molecular complexity index is 722. The summed E-state index contributed by atoms with van der Waals surface area (Å²) in [5, 5.41) is 11.0. The number of fused-ring (bicyclic) bond motifs is 1. The molecule has 0 saturated carbocycles. The minimum Gasteiger partial charge on any atom is -0.493 e. The molecule has 6 heteroatoms. The normalized spacial score (nSPS) is 13.4. The molecule has 1 aromatic heterocycles. The van der Waals surface area contributed by atoms with Crippen molar-refractivity contribution < 1.29 is 4.74 Å². The van der Waals surface area contributed by atoms with Crippen molar-refractivity contribution >= 4 is 5.96 Å². The lowest BCUT2D eigenvalue weighted by Gasteiger charge is -2.12. The summed E-state index contributed by atoms with van der Waals surface area (Å²) >= 11 is 0. The van der Waals surface area contributed by atoms with Crippen molar-refractivity contribution in [3.8, 4) is 5.75 Å². The van der Waals surface area contributed by atoms with E-state index < -0.39 is 0 Å². The molecule has 0 radical (unpaired) electrons. The van der Waals surface area contributed by atoms with Gasteiger partial charge in [0.15, 0.2) is 5.96 Å². The summed E-state index contributed by atoms with van der Waals surface area (Å²) < 4.78 is 7.53. The zero-order valence-corrected chi connectivity index (χ0v) is 15.1. The lowest BCUT2D eigenvalue weighted by Crippen LogP contribution is -2.39. The highest BCUT2D eigenvalue weighted by Gasteiger charge is 2.11. The number of nitrogens with one attached hydrogen (secondary N) is 2. The molecule has 0 saturated heterocycles. The van der Waals surface area contributed by atoms with E-state index in [1.54, 1.807) is 7.05 Å². The molecule has 25 heavy (non-hydrogen) atoms. The van der Waals surface area contributed by atoms with E-state index in [0.717, 1.165) is 57.2 Å². The number of aliphatic imine (C=N–C) groups is 1. The fraction of sp³-hybridized carbons (Fsp3) is 0.474. The Labute approximate surface area is 149 Å². The summed E-state index contributed by atoms with van der Waals surface area (Å²) in [6.45, 7) is 5.51. The molecule has 0 fully saturated rings. The number of ether oxygens (including phenoxy) is 1. The minimum absolute atomic E-state index is 0.811. The van der Waals surface area contributed by atoms with Crippen molar-refractivity contribution in [2.45, 2.75) is 32.7 Å². The van der Waals surface area contributed by atoms with Crippen molar-refractivity contribution in [1.29, 1.82) is 0 Å². The summed E-state index contributed by atoms with van der Waals surface area (Å²) in [4.78, 5) is 4.28. The van der Waals surface area contributed by atoms with Crippen LogP contribution in [0.15, 0.2) is 35.6 Å². The molecule has 0 spiro atoms. The quantitative estimate of drug-likeness (QED) is 0.459. The van der Waals surface area contributed by atoms with E-state index in [4.69, 9.17) is 4.74 Å². The Morgan fingerprint density at radius 2 is 2.20 bits per heavy atom. The van der Waals surface area contributed by atoms with E-state index in [-0.39, 0.29) is 0 Å². The summed E-state index contributed by atoms with van der Waals surface area (Å²) in [6, 6.07) is 6.49. The van der Waals surface area contributed by atoms with Gasteiger partial charge in [0.05, 0.1) is 12.8 Å². The zero-order valence-electron chi connectivity index (χ0n) is 15.1. The lowest BCUT2D eigenvalue weighted by atomic mass is 10.1. The number of hydrogen-bond donors (Lipinski definition) is 2. The van der Waals surface area contributed by atoms with Crippen molar-refractivity contribution in [2.75, 3.05) is 26.7 Å². The highest BCUT2D eigenvalue weighted by molar-refractivity contribution is 5.79. The average Bonchev–Trinajstić information content (AvgIpc) is 3.25. The number of benzene rings is 1. The van der Waals surface area contributed by atoms with Crippen LogP contribution in [-0.4, -0.2) is 42.5 Å². The maximum atomic E-state index is 5.55. The number of nitrogens with zero attached hydrogens (tertiary/aromatic N) is 3. The first-order valence-corrected chi connectivity index (χ1v) is 8.93. The predicted molar refractivity (Wildman–Crippen MR) is 100 cm³/mol. The molecule has 1 aliphatic rings. The van der Waals surface area contributed by atoms with Crippen LogP contribution in [0, 0.1) is 6.92 Å². The topological polar surface area (TPSA) is 63.5 Å². The maximum absolute atomic E-state index is 5.55. The molecule has 0 bridgehead atoms. The summed E-state index contributed by atoms with van der Waals surface area (Å²) in [5.41, 5.74) is 3.86. The van der Waals surface area contributed by atoms with E-state index in [0.29, 0.717) is 0 Å². The van der Waals surface area contributed by atoms with Gasteiger partial charge >= 0.3 is 0 Å². The first-order chi connectivity index (χ1) is 12.2. The Morgan fingerprint density at radius 1 is 1.32 bits per heavy atom. The van der Waals surface area contributed by atoms with Gasteiger partial charge in [0.25, 0.3) is 0 Å². The Balaban J connectivity index is 1.35. The van der Waals surface area contributed by atoms with E-state index in [1.165, 1.54) is 16.7 Å². The van der Waals surface area contributed by atoms with E-state index in [1.807, 2.05) is 10.9 Å². The number of hydrogen-bond acceptors (Lipinski definition) is 3. The molecule has 0 atom stereocenters. The van der Waals surface area contributed by atoms with Crippen LogP contribution in [0.3, 0.4) is 0 Å². The van der Waals surface area contributed by atoms with Gasteiger partial charge in [-0.2, -0.15) is 5.10 Å². The minimum atomic E-state index is 0.811. The van der Waals surface area contributed by atoms with Gasteiger partial charge in [-0.05, 0) is 42.5 Å². The van der Waals surface area contributed by atoms with E-state index in [9.17, 15) is 0 Å². The van der Waals surface area contributed by atoms with Crippen LogP contribution in [0.1, 0.15) is 23.1 Å². The zero-order chi connectivity index (χ0) is 17.5. The lowest BCUT2D eigenvalue weighted by molar-refractivity contribution is 0.357. The average molecular weight is 341 g/mol. The van der Waals surface area contributed by atoms with Gasteiger partial charge in [0.2, 0.25) is 0 Å². The monoisotopic (exact) mass is 341 g/mol. The van der Waals surface area contributed by atoms with Crippen LogP contribution in [-0.2, 0) is 19.4 Å². The third-order valence-corrected chi connectivity index (χ3v) is 4.30. The summed E-state index contributed by atoms with van der Waals surface area (Å²) in [5.74, 6) is 1.89. The Hall–Kier alpha value is -2.50. The van der Waals surface area contributed by atoms with Gasteiger partial charge in [0.1, 0.15) is 5.75 Å². The summed E-state index contributed by atoms with van der Waals surface area (Å²) in [6.07, 6.45) is 6.95. The van der Waals surface area contributed by atoms with Crippen molar-refractivity contribution in [3.05, 3.63) is 47.3 Å². The van der Waals surface area contributed by atoms with Gasteiger partial charge in [-0.25, -0.2) is 0 Å². The van der Waals surface area contributed by atoms with Crippen LogP contribution < -0.4 is 15.4 Å². The standard InChI is InChI=1S/C19H27N5O/c1-15-13-23-24(14-15)10-3-8-21-19(20-2)22-9-6-16-4-5-18-17(12-16)7-11-25-18/h4-5,12-14H,3,6-11H2,1-2H3,(H2,20,21,22). The molecule has 0 unspecified atom stereocenters. The van der Waals surface area contributed by atoms with Crippen molar-refractivity contribution in [2.24, 2.45) is 4.99 Å². The number of rotatable bonds is 7. The van der Waals surface area contributed by atoms with Gasteiger partial charge in [-0.3, -0.25) is 9.67 Å². The maximum Gasteiger partial charge on any atom is 0.190 e. The first kappa shape index (κ1) is 17.3. The summed E-state index contributed by atoms with van der Waals surface area (Å²) in [7, 11) is 1.80. The van der Waals surface area contributed by atoms with Crippen LogP contribution in [0.4, 0.5) is 0 Å². The van der Waals surface area contributed by atoms with E-state index >= 15 is 0 Å². The van der Waals surface area contributed by atoms with Crippen LogP contribution in [0.5, 0.6) is 5.75 Å². The SMILES string of the molecule is CN=C(NCCCn1cc(C)cn1)NCCc1ccc2c(c1)CCO2. The van der Waals surface area contributed by atoms with Gasteiger partial charge < -0.3 is 15.4 Å². The molecular formula is C19H27N5O. The highest BCUT2D eigenvalue weighted by Crippen LogP contribution is 2.25. The third-order valence-electron chi connectivity index (χ3n) is 4.30. The first-order valence-electron chi connectivity index (χ1n) is 8.93. The largest absolute Gasteiger partial charge is 0.493 e. The smallest absolute Gasteiger partial charge is 0.190 e. The van der Waals surface area contributed by atoms with Crippen LogP contribution >= 0.6 is 0 Å². The molecule has 3 rings (SSSR count). The molecule has 2 N–H and O–H groups in total. The fourth-order valence-electron chi connectivity index (χ4n) is 2.98. The molecule has 1 aromatic carbocycles. The molecule has 2 heterocycles. The Kier molecular flexibility index (Phi) is 5.93. The molecule has 0 amide bonds. The molecule has 0 aliphatic carbocycles.